The van der Waals surface area contributed by atoms with Gasteiger partial charge in [-0.15, -0.1) is 5.73 Å². The lowest BCUT2D eigenvalue weighted by Crippen LogP contribution is -2.31. The molecule has 1 aliphatic heterocycles. The van der Waals surface area contributed by atoms with Crippen molar-refractivity contribution in [1.82, 2.24) is 4.90 Å². The third kappa shape index (κ3) is 3.77. The van der Waals surface area contributed by atoms with E-state index >= 15 is 0 Å². The average molecular weight is 300 g/mol. The molecule has 1 nitrogen and oxygen atoms in total. The van der Waals surface area contributed by atoms with Gasteiger partial charge in [-0.2, -0.15) is 0 Å². The van der Waals surface area contributed by atoms with Crippen molar-refractivity contribution >= 4 is 8.07 Å². The molecule has 1 aromatic carbocycles. The topological polar surface area (TPSA) is 3.24 Å². The monoisotopic (exact) mass is 299 g/mol. The highest BCUT2D eigenvalue weighted by atomic mass is 28.3. The second-order valence-electron chi connectivity index (χ2n) is 7.27. The minimum absolute atomic E-state index is 0.546. The zero-order chi connectivity index (χ0) is 15.5. The summed E-state index contributed by atoms with van der Waals surface area (Å²) in [6.07, 6.45) is 2.45. The van der Waals surface area contributed by atoms with Gasteiger partial charge in [0.25, 0.3) is 0 Å². The average Bonchev–Trinajstić information content (AvgIpc) is 2.78. The number of hydrogen-bond acceptors (Lipinski definition) is 1. The Kier molecular flexibility index (Phi) is 5.26. The van der Waals surface area contributed by atoms with E-state index in [9.17, 15) is 0 Å². The summed E-state index contributed by atoms with van der Waals surface area (Å²) in [5.41, 5.74) is 6.94. The van der Waals surface area contributed by atoms with E-state index in [4.69, 9.17) is 0 Å². The maximum absolute atomic E-state index is 4.01. The van der Waals surface area contributed by atoms with Gasteiger partial charge in [0.15, 0.2) is 0 Å². The molecule has 1 aromatic rings. The summed E-state index contributed by atoms with van der Waals surface area (Å²) >= 11 is 0. The van der Waals surface area contributed by atoms with Crippen molar-refractivity contribution < 1.29 is 0 Å². The second kappa shape index (κ2) is 6.78. The Balaban J connectivity index is 2.25. The lowest BCUT2D eigenvalue weighted by molar-refractivity contribution is 0.248. The van der Waals surface area contributed by atoms with Crippen LogP contribution >= 0.6 is 0 Å². The third-order valence-electron chi connectivity index (χ3n) is 4.63. The minimum atomic E-state index is -1.22. The number of benzene rings is 1. The Labute approximate surface area is 131 Å². The minimum Gasteiger partial charge on any atom is -0.291 e. The first-order valence-electron chi connectivity index (χ1n) is 8.15. The van der Waals surface area contributed by atoms with Gasteiger partial charge in [0, 0.05) is 19.1 Å². The molecule has 2 rings (SSSR count). The molecule has 2 unspecified atom stereocenters. The fourth-order valence-electron chi connectivity index (χ4n) is 3.47. The molecule has 0 N–H and O–H groups in total. The van der Waals surface area contributed by atoms with Crippen molar-refractivity contribution in [2.24, 2.45) is 0 Å². The van der Waals surface area contributed by atoms with E-state index < -0.39 is 8.07 Å². The smallest absolute Gasteiger partial charge is 0.0542 e. The van der Waals surface area contributed by atoms with E-state index in [0.717, 1.165) is 6.54 Å². The van der Waals surface area contributed by atoms with Crippen LogP contribution < -0.4 is 0 Å². The molecule has 1 fully saturated rings. The molecule has 1 heterocycles. The molecule has 0 aromatic heterocycles. The van der Waals surface area contributed by atoms with Gasteiger partial charge in [0.2, 0.25) is 0 Å². The van der Waals surface area contributed by atoms with Crippen LogP contribution in [0.2, 0.25) is 25.2 Å². The van der Waals surface area contributed by atoms with Crippen LogP contribution in [0.5, 0.6) is 0 Å². The van der Waals surface area contributed by atoms with Crippen LogP contribution in [0, 0.1) is 0 Å². The van der Waals surface area contributed by atoms with Crippen LogP contribution in [-0.4, -0.2) is 25.6 Å². The van der Waals surface area contributed by atoms with Gasteiger partial charge < -0.3 is 0 Å². The highest BCUT2D eigenvalue weighted by molar-refractivity contribution is 6.78. The Morgan fingerprint density at radius 2 is 1.90 bits per heavy atom. The molecule has 0 aliphatic carbocycles. The highest BCUT2D eigenvalue weighted by Gasteiger charge is 2.42. The van der Waals surface area contributed by atoms with Crippen molar-refractivity contribution in [3.63, 3.8) is 0 Å². The molecule has 21 heavy (non-hydrogen) atoms. The number of nitrogens with zero attached hydrogens (tertiary/aromatic N) is 1. The van der Waals surface area contributed by atoms with Gasteiger partial charge in [-0.25, -0.2) is 0 Å². The summed E-state index contributed by atoms with van der Waals surface area (Å²) in [5.74, 6) is 0. The fraction of sp³-hybridized carbons (Fsp3) is 0.526. The van der Waals surface area contributed by atoms with Crippen molar-refractivity contribution in [3.05, 3.63) is 53.8 Å². The second-order valence-corrected chi connectivity index (χ2v) is 12.7. The fourth-order valence-corrected chi connectivity index (χ4v) is 5.48. The summed E-state index contributed by atoms with van der Waals surface area (Å²) in [4.78, 5) is 2.66. The number of likely N-dealkylation sites (tertiary alicyclic amines) is 1. The van der Waals surface area contributed by atoms with E-state index in [2.05, 4.69) is 74.1 Å². The Bertz CT molecular complexity index is 508. The number of rotatable bonds is 5. The van der Waals surface area contributed by atoms with Crippen molar-refractivity contribution in [2.45, 2.75) is 57.5 Å². The third-order valence-corrected chi connectivity index (χ3v) is 7.22. The summed E-state index contributed by atoms with van der Waals surface area (Å²) in [6.45, 7) is 16.0. The van der Waals surface area contributed by atoms with Gasteiger partial charge in [0.1, 0.15) is 0 Å². The van der Waals surface area contributed by atoms with Crippen LogP contribution in [0.3, 0.4) is 0 Å². The van der Waals surface area contributed by atoms with Crippen molar-refractivity contribution in [3.8, 4) is 0 Å². The summed E-state index contributed by atoms with van der Waals surface area (Å²) in [6, 6.07) is 11.4. The van der Waals surface area contributed by atoms with E-state index in [1.165, 1.54) is 30.5 Å². The van der Waals surface area contributed by atoms with E-state index in [0.29, 0.717) is 11.6 Å². The van der Waals surface area contributed by atoms with Crippen LogP contribution in [0.4, 0.5) is 0 Å². The Hall–Kier alpha value is -1.08. The molecule has 0 radical (unpaired) electrons. The normalized spacial score (nSPS) is 23.3. The maximum Gasteiger partial charge on any atom is 0.0542 e. The van der Waals surface area contributed by atoms with Crippen LogP contribution in [0.25, 0.3) is 0 Å². The first-order valence-corrected chi connectivity index (χ1v) is 11.7. The lowest BCUT2D eigenvalue weighted by Gasteiger charge is -2.25. The molecule has 0 saturated carbocycles. The van der Waals surface area contributed by atoms with Gasteiger partial charge in [0.05, 0.1) is 8.07 Å². The van der Waals surface area contributed by atoms with Crippen molar-refractivity contribution in [2.75, 3.05) is 6.54 Å². The first kappa shape index (κ1) is 16.3. The van der Waals surface area contributed by atoms with Gasteiger partial charge in [-0.1, -0.05) is 69.9 Å². The van der Waals surface area contributed by atoms with Gasteiger partial charge in [-0.3, -0.25) is 4.90 Å². The predicted molar refractivity (Wildman–Crippen MR) is 95.3 cm³/mol. The standard InChI is InChI=1S/C19H29NSi/c1-6-11-18-17(7-2)19(21(3,4)5)15-20(18)14-16-12-9-8-10-13-16/h8-10,12-13,18-19H,2,6,11,14-15H2,1,3-5H3. The lowest BCUT2D eigenvalue weighted by atomic mass is 10.0. The Morgan fingerprint density at radius 1 is 1.24 bits per heavy atom. The largest absolute Gasteiger partial charge is 0.291 e. The highest BCUT2D eigenvalue weighted by Crippen LogP contribution is 2.42. The maximum atomic E-state index is 4.01. The zero-order valence-electron chi connectivity index (χ0n) is 14.0. The van der Waals surface area contributed by atoms with E-state index in [1.807, 2.05) is 0 Å². The van der Waals surface area contributed by atoms with Crippen LogP contribution in [0.1, 0.15) is 25.3 Å². The zero-order valence-corrected chi connectivity index (χ0v) is 15.0. The quantitative estimate of drug-likeness (QED) is 0.540. The molecule has 2 atom stereocenters. The molecule has 1 aliphatic rings. The first-order chi connectivity index (χ1) is 9.97. The van der Waals surface area contributed by atoms with Crippen LogP contribution in [0.15, 0.2) is 48.2 Å². The van der Waals surface area contributed by atoms with Gasteiger partial charge >= 0.3 is 0 Å². The SMILES string of the molecule is C=C=C1C(CCC)N(Cc2ccccc2)CC1[Si](C)(C)C. The van der Waals surface area contributed by atoms with Crippen LogP contribution in [-0.2, 0) is 6.54 Å². The molecular weight excluding hydrogens is 270 g/mol. The van der Waals surface area contributed by atoms with Gasteiger partial charge in [-0.05, 0) is 23.1 Å². The summed E-state index contributed by atoms with van der Waals surface area (Å²) < 4.78 is 0. The molecule has 0 amide bonds. The molecule has 0 spiro atoms. The molecule has 0 bridgehead atoms. The summed E-state index contributed by atoms with van der Waals surface area (Å²) in [7, 11) is -1.22. The van der Waals surface area contributed by atoms with E-state index in [1.54, 1.807) is 0 Å². The predicted octanol–water partition coefficient (Wildman–Crippen LogP) is 5.09. The molecule has 114 valence electrons. The molecular formula is C19H29NSi. The van der Waals surface area contributed by atoms with Crippen molar-refractivity contribution in [1.29, 1.82) is 0 Å². The van der Waals surface area contributed by atoms with E-state index in [-0.39, 0.29) is 0 Å². The Morgan fingerprint density at radius 3 is 2.43 bits per heavy atom. The summed E-state index contributed by atoms with van der Waals surface area (Å²) in [5, 5.41) is 0. The number of hydrogen-bond donors (Lipinski definition) is 0. The molecule has 1 saturated heterocycles. The molecule has 2 heteroatoms.